The van der Waals surface area contributed by atoms with Crippen molar-refractivity contribution in [1.82, 2.24) is 5.32 Å². The predicted octanol–water partition coefficient (Wildman–Crippen LogP) is 6.60. The molecule has 1 aromatic heterocycles. The van der Waals surface area contributed by atoms with E-state index in [1.807, 2.05) is 73.7 Å². The third-order valence-electron chi connectivity index (χ3n) is 5.21. The lowest BCUT2D eigenvalue weighted by molar-refractivity contribution is -0.136. The maximum absolute atomic E-state index is 12.6. The minimum Gasteiger partial charge on any atom is -0.481 e. The maximum atomic E-state index is 12.6. The second-order valence-electron chi connectivity index (χ2n) is 7.71. The summed E-state index contributed by atoms with van der Waals surface area (Å²) in [4.78, 5) is 24.0. The van der Waals surface area contributed by atoms with Gasteiger partial charge in [-0.3, -0.25) is 9.59 Å². The van der Waals surface area contributed by atoms with Crippen molar-refractivity contribution in [3.8, 4) is 11.5 Å². The van der Waals surface area contributed by atoms with Gasteiger partial charge in [0.2, 0.25) is 0 Å². The van der Waals surface area contributed by atoms with E-state index in [9.17, 15) is 9.59 Å². The molecule has 0 spiro atoms. The highest BCUT2D eigenvalue weighted by molar-refractivity contribution is 7.20. The van der Waals surface area contributed by atoms with Crippen molar-refractivity contribution in [2.24, 2.45) is 0 Å². The van der Waals surface area contributed by atoms with Gasteiger partial charge in [-0.05, 0) is 84.0 Å². The normalized spacial score (nSPS) is 10.8. The molecule has 5 nitrogen and oxygen atoms in total. The quantitative estimate of drug-likeness (QED) is 0.298. The first-order valence-corrected chi connectivity index (χ1v) is 11.6. The summed E-state index contributed by atoms with van der Waals surface area (Å²) in [6.45, 7) is 2.32. The average molecular weight is 480 g/mol. The lowest BCUT2D eigenvalue weighted by atomic mass is 10.0. The molecule has 0 aliphatic carbocycles. The zero-order valence-corrected chi connectivity index (χ0v) is 19.5. The maximum Gasteiger partial charge on any atom is 0.303 e. The Labute approximate surface area is 200 Å². The zero-order valence-electron chi connectivity index (χ0n) is 17.9. The summed E-state index contributed by atoms with van der Waals surface area (Å²) < 4.78 is 7.00. The van der Waals surface area contributed by atoms with E-state index in [0.717, 1.165) is 26.8 Å². The van der Waals surface area contributed by atoms with Gasteiger partial charge in [0.15, 0.2) is 0 Å². The van der Waals surface area contributed by atoms with Gasteiger partial charge in [-0.15, -0.1) is 11.3 Å². The van der Waals surface area contributed by atoms with Crippen LogP contribution in [0.3, 0.4) is 0 Å². The number of benzene rings is 3. The average Bonchev–Trinajstić information content (AvgIpc) is 3.20. The van der Waals surface area contributed by atoms with Gasteiger partial charge in [-0.1, -0.05) is 29.8 Å². The van der Waals surface area contributed by atoms with Gasteiger partial charge in [-0.2, -0.15) is 0 Å². The number of ether oxygens (including phenoxy) is 1. The van der Waals surface area contributed by atoms with Gasteiger partial charge in [0.25, 0.3) is 5.91 Å². The molecule has 4 aromatic rings. The molecule has 0 unspecified atom stereocenters. The van der Waals surface area contributed by atoms with Crippen LogP contribution in [0, 0.1) is 6.92 Å². The summed E-state index contributed by atoms with van der Waals surface area (Å²) in [5, 5.41) is 13.4. The molecule has 1 heterocycles. The summed E-state index contributed by atoms with van der Waals surface area (Å²) in [7, 11) is 0. The molecule has 1 amide bonds. The number of aryl methyl sites for hydroxylation is 2. The number of hydrogen-bond donors (Lipinski definition) is 2. The second kappa shape index (κ2) is 10.1. The van der Waals surface area contributed by atoms with Crippen LogP contribution in [0.25, 0.3) is 10.1 Å². The lowest BCUT2D eigenvalue weighted by Crippen LogP contribution is -2.21. The van der Waals surface area contributed by atoms with Crippen molar-refractivity contribution >= 4 is 44.9 Å². The Kier molecular flexibility index (Phi) is 6.96. The molecule has 0 bridgehead atoms. The molecular weight excluding hydrogens is 458 g/mol. The van der Waals surface area contributed by atoms with Crippen LogP contribution in [-0.2, 0) is 17.8 Å². The molecule has 0 radical (unpaired) electrons. The van der Waals surface area contributed by atoms with Crippen LogP contribution in [0.4, 0.5) is 0 Å². The number of fused-ring (bicyclic) bond motifs is 1. The molecule has 168 valence electrons. The molecule has 0 aliphatic rings. The number of aliphatic carboxylic acids is 1. The van der Waals surface area contributed by atoms with Gasteiger partial charge in [0.1, 0.15) is 11.5 Å². The smallest absolute Gasteiger partial charge is 0.303 e. The van der Waals surface area contributed by atoms with E-state index >= 15 is 0 Å². The Morgan fingerprint density at radius 3 is 2.64 bits per heavy atom. The number of carboxylic acid groups (broad SMARTS) is 1. The minimum absolute atomic E-state index is 0.101. The molecule has 0 saturated carbocycles. The number of nitrogens with one attached hydrogen (secondary N) is 1. The summed E-state index contributed by atoms with van der Waals surface area (Å²) in [6, 6.07) is 20.6. The second-order valence-corrected chi connectivity index (χ2v) is 9.23. The van der Waals surface area contributed by atoms with Crippen LogP contribution in [0.5, 0.6) is 11.5 Å². The Morgan fingerprint density at radius 1 is 1.03 bits per heavy atom. The van der Waals surface area contributed by atoms with Crippen molar-refractivity contribution in [3.63, 3.8) is 0 Å². The fraction of sp³-hybridized carbons (Fsp3) is 0.154. The minimum atomic E-state index is -0.810. The summed E-state index contributed by atoms with van der Waals surface area (Å²) in [5.41, 5.74) is 2.89. The molecule has 2 N–H and O–H groups in total. The van der Waals surface area contributed by atoms with Crippen molar-refractivity contribution in [3.05, 3.63) is 93.3 Å². The van der Waals surface area contributed by atoms with Crippen LogP contribution >= 0.6 is 22.9 Å². The van der Waals surface area contributed by atoms with Crippen molar-refractivity contribution < 1.29 is 19.4 Å². The Balaban J connectivity index is 1.39. The number of rotatable bonds is 8. The Morgan fingerprint density at radius 2 is 1.85 bits per heavy atom. The summed E-state index contributed by atoms with van der Waals surface area (Å²) in [5.74, 6) is 0.397. The topological polar surface area (TPSA) is 75.6 Å². The van der Waals surface area contributed by atoms with Crippen LogP contribution in [0.1, 0.15) is 32.8 Å². The van der Waals surface area contributed by atoms with E-state index in [-0.39, 0.29) is 12.3 Å². The molecular formula is C26H22ClNO4S. The number of amides is 1. The molecule has 0 fully saturated rings. The van der Waals surface area contributed by atoms with E-state index < -0.39 is 5.97 Å². The number of carboxylic acids is 1. The molecule has 0 saturated heterocycles. The largest absolute Gasteiger partial charge is 0.481 e. The van der Waals surface area contributed by atoms with Crippen LogP contribution in [0.15, 0.2) is 66.7 Å². The first-order valence-electron chi connectivity index (χ1n) is 10.4. The van der Waals surface area contributed by atoms with Gasteiger partial charge >= 0.3 is 5.97 Å². The number of halogens is 1. The summed E-state index contributed by atoms with van der Waals surface area (Å²) in [6.07, 6.45) is 0.591. The summed E-state index contributed by atoms with van der Waals surface area (Å²) >= 11 is 7.47. The van der Waals surface area contributed by atoms with E-state index in [2.05, 4.69) is 5.32 Å². The van der Waals surface area contributed by atoms with Crippen LogP contribution in [0.2, 0.25) is 5.02 Å². The fourth-order valence-corrected chi connectivity index (χ4v) is 4.64. The molecule has 0 aliphatic heterocycles. The molecule has 3 aromatic carbocycles. The third-order valence-corrected chi connectivity index (χ3v) is 6.56. The number of thiophene rings is 1. The SMILES string of the molecule is Cc1cc(Oc2cccc(CNC(=O)c3cc4cc(Cl)ccc4s3)c2)ccc1CCC(=O)O. The third kappa shape index (κ3) is 5.92. The highest BCUT2D eigenvalue weighted by Gasteiger charge is 2.11. The molecule has 33 heavy (non-hydrogen) atoms. The number of carbonyl (C=O) groups is 2. The number of carbonyl (C=O) groups excluding carboxylic acids is 1. The first kappa shape index (κ1) is 22.8. The van der Waals surface area contributed by atoms with E-state index in [4.69, 9.17) is 21.4 Å². The standard InChI is InChI=1S/C26H22ClNO4S/c1-16-11-22(8-5-18(16)6-10-25(29)30)32-21-4-2-3-17(12-21)15-28-26(31)24-14-19-13-20(27)7-9-23(19)33-24/h2-5,7-9,11-14H,6,10,15H2,1H3,(H,28,31)(H,29,30). The van der Waals surface area contributed by atoms with Crippen molar-refractivity contribution in [2.45, 2.75) is 26.3 Å². The van der Waals surface area contributed by atoms with Gasteiger partial charge in [0.05, 0.1) is 4.88 Å². The number of hydrogen-bond acceptors (Lipinski definition) is 4. The highest BCUT2D eigenvalue weighted by Crippen LogP contribution is 2.28. The Bertz CT molecular complexity index is 1330. The van der Waals surface area contributed by atoms with Crippen LogP contribution < -0.4 is 10.1 Å². The van der Waals surface area contributed by atoms with Gasteiger partial charge in [-0.25, -0.2) is 0 Å². The Hall–Kier alpha value is -3.35. The van der Waals surface area contributed by atoms with Gasteiger partial charge < -0.3 is 15.2 Å². The zero-order chi connectivity index (χ0) is 23.4. The first-order chi connectivity index (χ1) is 15.9. The van der Waals surface area contributed by atoms with Gasteiger partial charge in [0, 0.05) is 22.7 Å². The monoisotopic (exact) mass is 479 g/mol. The molecule has 0 atom stereocenters. The fourth-order valence-electron chi connectivity index (χ4n) is 3.50. The highest BCUT2D eigenvalue weighted by atomic mass is 35.5. The molecule has 4 rings (SSSR count). The predicted molar refractivity (Wildman–Crippen MR) is 132 cm³/mol. The van der Waals surface area contributed by atoms with E-state index in [1.54, 1.807) is 0 Å². The van der Waals surface area contributed by atoms with E-state index in [0.29, 0.717) is 34.4 Å². The lowest BCUT2D eigenvalue weighted by Gasteiger charge is -2.11. The van der Waals surface area contributed by atoms with Crippen LogP contribution in [-0.4, -0.2) is 17.0 Å². The molecule has 7 heteroatoms. The van der Waals surface area contributed by atoms with E-state index in [1.165, 1.54) is 11.3 Å². The van der Waals surface area contributed by atoms with Crippen molar-refractivity contribution in [1.29, 1.82) is 0 Å². The van der Waals surface area contributed by atoms with Crippen molar-refractivity contribution in [2.75, 3.05) is 0 Å².